The SMILES string of the molecule is CCS(=O)(=O)Oc1ccccc1CN(C(=O)c1ccccc1Cl)C(C)C. The summed E-state index contributed by atoms with van der Waals surface area (Å²) in [5.41, 5.74) is 1.01. The predicted molar refractivity (Wildman–Crippen MR) is 103 cm³/mol. The molecular weight excluding hydrogens is 374 g/mol. The van der Waals surface area contributed by atoms with E-state index in [0.717, 1.165) is 0 Å². The molecule has 2 aromatic rings. The standard InChI is InChI=1S/C19H22ClNO4S/c1-4-26(23,24)25-18-12-8-5-9-15(18)13-21(14(2)3)19(22)16-10-6-7-11-17(16)20/h5-12,14H,4,13H2,1-3H3. The summed E-state index contributed by atoms with van der Waals surface area (Å²) < 4.78 is 28.8. The number of para-hydroxylation sites is 1. The van der Waals surface area contributed by atoms with E-state index in [2.05, 4.69) is 0 Å². The molecule has 7 heteroatoms. The average Bonchev–Trinajstić information content (AvgIpc) is 2.60. The van der Waals surface area contributed by atoms with E-state index in [1.54, 1.807) is 53.4 Å². The first-order chi connectivity index (χ1) is 12.2. The summed E-state index contributed by atoms with van der Waals surface area (Å²) >= 11 is 6.16. The van der Waals surface area contributed by atoms with Gasteiger partial charge in [0.2, 0.25) is 0 Å². The fourth-order valence-corrected chi connectivity index (χ4v) is 3.14. The van der Waals surface area contributed by atoms with Crippen molar-refractivity contribution >= 4 is 27.6 Å². The van der Waals surface area contributed by atoms with Crippen LogP contribution in [0.2, 0.25) is 5.02 Å². The van der Waals surface area contributed by atoms with Crippen molar-refractivity contribution in [1.82, 2.24) is 4.90 Å². The molecule has 0 unspecified atom stereocenters. The Hall–Kier alpha value is -2.05. The Morgan fingerprint density at radius 3 is 2.35 bits per heavy atom. The number of halogens is 1. The van der Waals surface area contributed by atoms with Crippen LogP contribution in [0.4, 0.5) is 0 Å². The van der Waals surface area contributed by atoms with Gasteiger partial charge in [0, 0.05) is 18.2 Å². The first-order valence-corrected chi connectivity index (χ1v) is 10.3. The van der Waals surface area contributed by atoms with Crippen molar-refractivity contribution in [3.8, 4) is 5.75 Å². The van der Waals surface area contributed by atoms with Crippen LogP contribution in [0.5, 0.6) is 5.75 Å². The number of rotatable bonds is 7. The molecule has 0 saturated carbocycles. The molecule has 0 fully saturated rings. The summed E-state index contributed by atoms with van der Waals surface area (Å²) in [5.74, 6) is -0.126. The second kappa shape index (κ2) is 8.56. The van der Waals surface area contributed by atoms with E-state index in [1.165, 1.54) is 6.92 Å². The molecule has 0 bridgehead atoms. The highest BCUT2D eigenvalue weighted by Crippen LogP contribution is 2.25. The predicted octanol–water partition coefficient (Wildman–Crippen LogP) is 4.12. The molecule has 0 heterocycles. The molecule has 2 aromatic carbocycles. The monoisotopic (exact) mass is 395 g/mol. The van der Waals surface area contributed by atoms with Crippen LogP contribution in [0.3, 0.4) is 0 Å². The normalized spacial score (nSPS) is 11.4. The summed E-state index contributed by atoms with van der Waals surface area (Å²) in [6.07, 6.45) is 0. The number of hydrogen-bond acceptors (Lipinski definition) is 4. The second-order valence-electron chi connectivity index (χ2n) is 6.04. The number of benzene rings is 2. The van der Waals surface area contributed by atoms with E-state index in [0.29, 0.717) is 16.1 Å². The Morgan fingerprint density at radius 2 is 1.73 bits per heavy atom. The third kappa shape index (κ3) is 4.99. The molecule has 5 nitrogen and oxygen atoms in total. The first kappa shape index (κ1) is 20.3. The lowest BCUT2D eigenvalue weighted by Gasteiger charge is -2.28. The molecule has 0 spiro atoms. The van der Waals surface area contributed by atoms with E-state index in [9.17, 15) is 13.2 Å². The average molecular weight is 396 g/mol. The smallest absolute Gasteiger partial charge is 0.308 e. The molecule has 0 atom stereocenters. The third-order valence-corrected chi connectivity index (χ3v) is 5.34. The second-order valence-corrected chi connectivity index (χ2v) is 8.31. The van der Waals surface area contributed by atoms with Crippen LogP contribution in [0.15, 0.2) is 48.5 Å². The summed E-state index contributed by atoms with van der Waals surface area (Å²) in [6, 6.07) is 13.5. The Morgan fingerprint density at radius 1 is 1.12 bits per heavy atom. The molecule has 0 aliphatic rings. The van der Waals surface area contributed by atoms with Gasteiger partial charge in [-0.3, -0.25) is 4.79 Å². The number of hydrogen-bond donors (Lipinski definition) is 0. The molecule has 0 aromatic heterocycles. The zero-order chi connectivity index (χ0) is 19.3. The molecule has 1 amide bonds. The minimum Gasteiger partial charge on any atom is -0.382 e. The van der Waals surface area contributed by atoms with Gasteiger partial charge in [0.05, 0.1) is 16.3 Å². The molecule has 26 heavy (non-hydrogen) atoms. The summed E-state index contributed by atoms with van der Waals surface area (Å²) in [4.78, 5) is 14.6. The van der Waals surface area contributed by atoms with Gasteiger partial charge < -0.3 is 9.08 Å². The molecule has 0 radical (unpaired) electrons. The molecular formula is C19H22ClNO4S. The molecule has 0 saturated heterocycles. The fraction of sp³-hybridized carbons (Fsp3) is 0.316. The van der Waals surface area contributed by atoms with Crippen molar-refractivity contribution in [3.63, 3.8) is 0 Å². The fourth-order valence-electron chi connectivity index (χ4n) is 2.37. The van der Waals surface area contributed by atoms with Crippen LogP contribution in [0.1, 0.15) is 36.7 Å². The van der Waals surface area contributed by atoms with Crippen molar-refractivity contribution in [2.75, 3.05) is 5.75 Å². The molecule has 2 rings (SSSR count). The Labute approximate surface area is 159 Å². The van der Waals surface area contributed by atoms with Crippen LogP contribution >= 0.6 is 11.6 Å². The number of amides is 1. The van der Waals surface area contributed by atoms with Gasteiger partial charge in [0.25, 0.3) is 5.91 Å². The Balaban J connectivity index is 2.35. The summed E-state index contributed by atoms with van der Waals surface area (Å²) in [5, 5.41) is 0.376. The van der Waals surface area contributed by atoms with Gasteiger partial charge in [-0.2, -0.15) is 8.42 Å². The minimum atomic E-state index is -3.65. The molecule has 140 valence electrons. The van der Waals surface area contributed by atoms with E-state index >= 15 is 0 Å². The van der Waals surface area contributed by atoms with Crippen molar-refractivity contribution in [2.24, 2.45) is 0 Å². The number of carbonyl (C=O) groups excluding carboxylic acids is 1. The maximum absolute atomic E-state index is 12.9. The maximum atomic E-state index is 12.9. The number of nitrogens with zero attached hydrogens (tertiary/aromatic N) is 1. The molecule has 0 aliphatic heterocycles. The van der Waals surface area contributed by atoms with Gasteiger partial charge in [0.1, 0.15) is 5.75 Å². The van der Waals surface area contributed by atoms with E-state index in [-0.39, 0.29) is 30.0 Å². The summed E-state index contributed by atoms with van der Waals surface area (Å²) in [7, 11) is -3.65. The molecule has 0 aliphatic carbocycles. The zero-order valence-corrected chi connectivity index (χ0v) is 16.5. The van der Waals surface area contributed by atoms with Crippen molar-refractivity contribution in [1.29, 1.82) is 0 Å². The number of carbonyl (C=O) groups is 1. The quantitative estimate of drug-likeness (QED) is 0.661. The Bertz CT molecular complexity index is 881. The van der Waals surface area contributed by atoms with Crippen molar-refractivity contribution in [3.05, 3.63) is 64.7 Å². The van der Waals surface area contributed by atoms with Gasteiger partial charge in [-0.25, -0.2) is 0 Å². The Kier molecular flexibility index (Phi) is 6.67. The van der Waals surface area contributed by atoms with Gasteiger partial charge in [-0.05, 0) is 39.0 Å². The topological polar surface area (TPSA) is 63.7 Å². The first-order valence-electron chi connectivity index (χ1n) is 8.30. The lowest BCUT2D eigenvalue weighted by atomic mass is 10.1. The highest BCUT2D eigenvalue weighted by Gasteiger charge is 2.23. The van der Waals surface area contributed by atoms with Gasteiger partial charge in [0.15, 0.2) is 0 Å². The van der Waals surface area contributed by atoms with E-state index in [4.69, 9.17) is 15.8 Å². The molecule has 0 N–H and O–H groups in total. The van der Waals surface area contributed by atoms with Crippen LogP contribution in [0.25, 0.3) is 0 Å². The van der Waals surface area contributed by atoms with Crippen LogP contribution in [-0.4, -0.2) is 31.0 Å². The van der Waals surface area contributed by atoms with E-state index in [1.807, 2.05) is 13.8 Å². The highest BCUT2D eigenvalue weighted by atomic mass is 35.5. The summed E-state index contributed by atoms with van der Waals surface area (Å²) in [6.45, 7) is 5.50. The lowest BCUT2D eigenvalue weighted by Crippen LogP contribution is -2.36. The lowest BCUT2D eigenvalue weighted by molar-refractivity contribution is 0.0690. The zero-order valence-electron chi connectivity index (χ0n) is 15.0. The van der Waals surface area contributed by atoms with Crippen molar-refractivity contribution in [2.45, 2.75) is 33.4 Å². The van der Waals surface area contributed by atoms with Crippen LogP contribution in [0, 0.1) is 0 Å². The minimum absolute atomic E-state index is 0.116. The van der Waals surface area contributed by atoms with Crippen LogP contribution < -0.4 is 4.18 Å². The highest BCUT2D eigenvalue weighted by molar-refractivity contribution is 7.87. The maximum Gasteiger partial charge on any atom is 0.308 e. The van der Waals surface area contributed by atoms with Crippen LogP contribution in [-0.2, 0) is 16.7 Å². The third-order valence-electron chi connectivity index (χ3n) is 3.87. The van der Waals surface area contributed by atoms with E-state index < -0.39 is 10.1 Å². The van der Waals surface area contributed by atoms with Gasteiger partial charge in [-0.15, -0.1) is 0 Å². The van der Waals surface area contributed by atoms with Crippen molar-refractivity contribution < 1.29 is 17.4 Å². The largest absolute Gasteiger partial charge is 0.382 e. The van der Waals surface area contributed by atoms with Gasteiger partial charge >= 0.3 is 10.1 Å². The van der Waals surface area contributed by atoms with Gasteiger partial charge in [-0.1, -0.05) is 41.9 Å².